The fourth-order valence-corrected chi connectivity index (χ4v) is 0.356. The maximum Gasteiger partial charge on any atom is 0.407 e. The van der Waals surface area contributed by atoms with Crippen LogP contribution in [0.4, 0.5) is 9.18 Å². The second kappa shape index (κ2) is 6.07. The summed E-state index contributed by atoms with van der Waals surface area (Å²) in [4.78, 5) is 10.4. The molecule has 0 radical (unpaired) electrons. The van der Waals surface area contributed by atoms with Crippen molar-refractivity contribution in [1.82, 2.24) is 5.32 Å². The van der Waals surface area contributed by atoms with E-state index in [1.165, 1.54) is 0 Å². The fraction of sp³-hybridized carbons (Fsp3) is 0.500. The number of ether oxygens (including phenoxy) is 1. The first kappa shape index (κ1) is 8.94. The van der Waals surface area contributed by atoms with Crippen molar-refractivity contribution in [2.24, 2.45) is 0 Å². The number of carbonyl (C=O) groups excluding carboxylic acids is 1. The van der Waals surface area contributed by atoms with Gasteiger partial charge in [-0.05, 0) is 13.0 Å². The van der Waals surface area contributed by atoms with Crippen molar-refractivity contribution in [2.45, 2.75) is 6.92 Å². The molecule has 1 N–H and O–H groups in total. The number of halogens is 1. The van der Waals surface area contributed by atoms with Gasteiger partial charge in [-0.3, -0.25) is 0 Å². The van der Waals surface area contributed by atoms with E-state index in [1.807, 2.05) is 0 Å². The van der Waals surface area contributed by atoms with E-state index in [0.717, 1.165) is 6.08 Å². The van der Waals surface area contributed by atoms with Gasteiger partial charge in [0.1, 0.15) is 6.61 Å². The van der Waals surface area contributed by atoms with Gasteiger partial charge in [-0.2, -0.15) is 0 Å². The summed E-state index contributed by atoms with van der Waals surface area (Å²) in [6, 6.07) is 0. The highest BCUT2D eigenvalue weighted by Gasteiger charge is 1.94. The third-order valence-corrected chi connectivity index (χ3v) is 0.721. The number of rotatable bonds is 3. The third-order valence-electron chi connectivity index (χ3n) is 0.721. The van der Waals surface area contributed by atoms with Gasteiger partial charge >= 0.3 is 6.09 Å². The van der Waals surface area contributed by atoms with Crippen LogP contribution in [0.15, 0.2) is 12.4 Å². The summed E-state index contributed by atoms with van der Waals surface area (Å²) in [7, 11) is 0. The van der Waals surface area contributed by atoms with Gasteiger partial charge in [0.25, 0.3) is 0 Å². The molecule has 0 aliphatic rings. The molecule has 0 unspecified atom stereocenters. The number of carbonyl (C=O) groups is 1. The maximum absolute atomic E-state index is 11.2. The van der Waals surface area contributed by atoms with Gasteiger partial charge in [0.2, 0.25) is 0 Å². The summed E-state index contributed by atoms with van der Waals surface area (Å²) in [6.07, 6.45) is 0.912. The zero-order valence-corrected chi connectivity index (χ0v) is 5.76. The van der Waals surface area contributed by atoms with Gasteiger partial charge in [-0.15, -0.1) is 0 Å². The Balaban J connectivity index is 3.21. The molecular formula is C6H10FNO2. The van der Waals surface area contributed by atoms with E-state index >= 15 is 0 Å². The molecule has 0 aliphatic heterocycles. The molecule has 0 aromatic rings. The molecule has 0 heterocycles. The second-order valence-corrected chi connectivity index (χ2v) is 1.49. The van der Waals surface area contributed by atoms with E-state index in [4.69, 9.17) is 0 Å². The summed E-state index contributed by atoms with van der Waals surface area (Å²) in [5.41, 5.74) is 0. The Morgan fingerprint density at radius 2 is 2.50 bits per heavy atom. The highest BCUT2D eigenvalue weighted by atomic mass is 19.1. The molecule has 10 heavy (non-hydrogen) atoms. The molecule has 0 rings (SSSR count). The number of amides is 1. The smallest absolute Gasteiger partial charge is 0.407 e. The zero-order valence-electron chi connectivity index (χ0n) is 5.76. The Morgan fingerprint density at radius 1 is 1.80 bits per heavy atom. The molecule has 0 aliphatic carbocycles. The number of hydrogen-bond donors (Lipinski definition) is 1. The standard InChI is InChI=1S/C6H10FNO2/c1-2-8-6(9)10-5-3-4-7/h3-4H,2,5H2,1H3,(H,8,9)/b4-3-. The molecule has 0 aromatic carbocycles. The van der Waals surface area contributed by atoms with Crippen LogP contribution < -0.4 is 5.32 Å². The van der Waals surface area contributed by atoms with Crippen molar-refractivity contribution in [3.05, 3.63) is 12.4 Å². The van der Waals surface area contributed by atoms with Crippen molar-refractivity contribution >= 4 is 6.09 Å². The van der Waals surface area contributed by atoms with Crippen molar-refractivity contribution in [1.29, 1.82) is 0 Å². The van der Waals surface area contributed by atoms with Crippen molar-refractivity contribution in [2.75, 3.05) is 13.2 Å². The lowest BCUT2D eigenvalue weighted by atomic mass is 10.7. The highest BCUT2D eigenvalue weighted by molar-refractivity contribution is 5.67. The lowest BCUT2D eigenvalue weighted by molar-refractivity contribution is 0.158. The van der Waals surface area contributed by atoms with E-state index in [0.29, 0.717) is 12.9 Å². The van der Waals surface area contributed by atoms with Crippen LogP contribution in [-0.4, -0.2) is 19.2 Å². The van der Waals surface area contributed by atoms with E-state index in [9.17, 15) is 9.18 Å². The minimum absolute atomic E-state index is 0.0255. The van der Waals surface area contributed by atoms with Gasteiger partial charge in [-0.25, -0.2) is 9.18 Å². The van der Waals surface area contributed by atoms with Gasteiger partial charge in [0, 0.05) is 6.54 Å². The van der Waals surface area contributed by atoms with Gasteiger partial charge in [0.15, 0.2) is 0 Å². The molecule has 0 saturated carbocycles. The summed E-state index contributed by atoms with van der Waals surface area (Å²) in [6.45, 7) is 2.26. The quantitative estimate of drug-likeness (QED) is 0.651. The normalized spacial score (nSPS) is 9.80. The molecule has 0 aromatic heterocycles. The van der Waals surface area contributed by atoms with E-state index in [1.54, 1.807) is 6.92 Å². The average molecular weight is 147 g/mol. The average Bonchev–Trinajstić information content (AvgIpc) is 1.89. The van der Waals surface area contributed by atoms with E-state index in [2.05, 4.69) is 10.1 Å². The topological polar surface area (TPSA) is 38.3 Å². The second-order valence-electron chi connectivity index (χ2n) is 1.49. The summed E-state index contributed by atoms with van der Waals surface area (Å²) < 4.78 is 15.7. The van der Waals surface area contributed by atoms with Gasteiger partial charge in [-0.1, -0.05) is 0 Å². The van der Waals surface area contributed by atoms with Crippen LogP contribution in [0, 0.1) is 0 Å². The van der Waals surface area contributed by atoms with E-state index < -0.39 is 6.09 Å². The summed E-state index contributed by atoms with van der Waals surface area (Å²) in [5.74, 6) is 0. The molecule has 1 amide bonds. The molecule has 0 fully saturated rings. The Labute approximate surface area is 58.9 Å². The molecule has 3 nitrogen and oxygen atoms in total. The number of hydrogen-bond acceptors (Lipinski definition) is 2. The SMILES string of the molecule is CCNC(=O)OC/C=C\F. The highest BCUT2D eigenvalue weighted by Crippen LogP contribution is 1.79. The van der Waals surface area contributed by atoms with Crippen LogP contribution in [0.3, 0.4) is 0 Å². The van der Waals surface area contributed by atoms with Gasteiger partial charge < -0.3 is 10.1 Å². The van der Waals surface area contributed by atoms with Crippen LogP contribution in [0.25, 0.3) is 0 Å². The van der Waals surface area contributed by atoms with Crippen molar-refractivity contribution < 1.29 is 13.9 Å². The molecule has 0 bridgehead atoms. The predicted molar refractivity (Wildman–Crippen MR) is 35.3 cm³/mol. The van der Waals surface area contributed by atoms with Gasteiger partial charge in [0.05, 0.1) is 6.33 Å². The molecule has 4 heteroatoms. The minimum atomic E-state index is -0.527. The minimum Gasteiger partial charge on any atom is -0.445 e. The number of alkyl carbamates (subject to hydrolysis) is 1. The maximum atomic E-state index is 11.2. The largest absolute Gasteiger partial charge is 0.445 e. The molecular weight excluding hydrogens is 137 g/mol. The Kier molecular flexibility index (Phi) is 5.42. The number of nitrogens with one attached hydrogen (secondary N) is 1. The Hall–Kier alpha value is -1.06. The fourth-order valence-electron chi connectivity index (χ4n) is 0.356. The van der Waals surface area contributed by atoms with Crippen molar-refractivity contribution in [3.8, 4) is 0 Å². The van der Waals surface area contributed by atoms with Crippen molar-refractivity contribution in [3.63, 3.8) is 0 Å². The summed E-state index contributed by atoms with van der Waals surface area (Å²) in [5, 5.41) is 2.39. The molecule has 0 atom stereocenters. The molecule has 58 valence electrons. The van der Waals surface area contributed by atoms with Crippen LogP contribution >= 0.6 is 0 Å². The third kappa shape index (κ3) is 5.08. The molecule has 0 saturated heterocycles. The zero-order chi connectivity index (χ0) is 7.82. The lowest BCUT2D eigenvalue weighted by Crippen LogP contribution is -2.23. The molecule has 0 spiro atoms. The Bertz CT molecular complexity index is 125. The predicted octanol–water partition coefficient (Wildman–Crippen LogP) is 1.22. The van der Waals surface area contributed by atoms with Crippen LogP contribution in [-0.2, 0) is 4.74 Å². The Morgan fingerprint density at radius 3 is 3.00 bits per heavy atom. The summed E-state index contributed by atoms with van der Waals surface area (Å²) >= 11 is 0. The van der Waals surface area contributed by atoms with Crippen LogP contribution in [0.1, 0.15) is 6.92 Å². The first-order valence-electron chi connectivity index (χ1n) is 2.97. The van der Waals surface area contributed by atoms with Crippen LogP contribution in [0.5, 0.6) is 0 Å². The first-order valence-corrected chi connectivity index (χ1v) is 2.97. The monoisotopic (exact) mass is 147 g/mol. The van der Waals surface area contributed by atoms with Crippen LogP contribution in [0.2, 0.25) is 0 Å². The van der Waals surface area contributed by atoms with E-state index in [-0.39, 0.29) is 6.61 Å². The lowest BCUT2D eigenvalue weighted by Gasteiger charge is -2.00. The first-order chi connectivity index (χ1) is 4.81.